The lowest BCUT2D eigenvalue weighted by molar-refractivity contribution is -0.113. The Balaban J connectivity index is 1.32. The van der Waals surface area contributed by atoms with Gasteiger partial charge in [0.1, 0.15) is 0 Å². The second kappa shape index (κ2) is 12.0. The zero-order chi connectivity index (χ0) is 26.6. The van der Waals surface area contributed by atoms with Gasteiger partial charge < -0.3 is 10.6 Å². The Labute approximate surface area is 247 Å². The van der Waals surface area contributed by atoms with Crippen LogP contribution in [0.4, 0.5) is 5.13 Å². The summed E-state index contributed by atoms with van der Waals surface area (Å²) in [4.78, 5) is 29.9. The molecule has 38 heavy (non-hydrogen) atoms. The summed E-state index contributed by atoms with van der Waals surface area (Å²) in [5.41, 5.74) is 1.97. The highest BCUT2D eigenvalue weighted by Gasteiger charge is 2.18. The number of thiazole rings is 1. The molecule has 5 aromatic rings. The zero-order valence-corrected chi connectivity index (χ0v) is 24.9. The van der Waals surface area contributed by atoms with Crippen LogP contribution in [0.25, 0.3) is 15.9 Å². The molecule has 192 valence electrons. The molecule has 2 heterocycles. The number of fused-ring (bicyclic) bond motifs is 1. The number of hydrogen-bond donors (Lipinski definition) is 2. The van der Waals surface area contributed by atoms with Gasteiger partial charge >= 0.3 is 0 Å². The maximum Gasteiger partial charge on any atom is 0.253 e. The maximum atomic E-state index is 12.8. The second-order valence-electron chi connectivity index (χ2n) is 7.84. The number of halogens is 3. The lowest BCUT2D eigenvalue weighted by Gasteiger charge is -2.12. The maximum absolute atomic E-state index is 12.8. The summed E-state index contributed by atoms with van der Waals surface area (Å²) in [6.07, 6.45) is 0. The predicted molar refractivity (Wildman–Crippen MR) is 158 cm³/mol. The third kappa shape index (κ3) is 6.26. The number of anilines is 1. The summed E-state index contributed by atoms with van der Waals surface area (Å²) in [7, 11) is 0. The van der Waals surface area contributed by atoms with Crippen molar-refractivity contribution in [2.24, 2.45) is 0 Å². The lowest BCUT2D eigenvalue weighted by atomic mass is 10.2. The van der Waals surface area contributed by atoms with Gasteiger partial charge in [0.05, 0.1) is 33.1 Å². The topological polar surface area (TPSA) is 102 Å². The van der Waals surface area contributed by atoms with Gasteiger partial charge in [-0.05, 0) is 54.6 Å². The summed E-state index contributed by atoms with van der Waals surface area (Å²) in [6, 6.07) is 20.4. The minimum atomic E-state index is -0.342. The number of carbonyl (C=O) groups excluding carboxylic acids is 2. The summed E-state index contributed by atoms with van der Waals surface area (Å²) >= 11 is 15.7. The molecule has 0 aliphatic carbocycles. The van der Waals surface area contributed by atoms with Gasteiger partial charge in [0.15, 0.2) is 16.1 Å². The van der Waals surface area contributed by atoms with Crippen molar-refractivity contribution in [1.29, 1.82) is 0 Å². The quantitative estimate of drug-likeness (QED) is 0.175. The molecular formula is C25H17Br2ClN6O2S2. The first-order valence-corrected chi connectivity index (χ1v) is 14.9. The first kappa shape index (κ1) is 26.8. The molecule has 2 aromatic heterocycles. The summed E-state index contributed by atoms with van der Waals surface area (Å²) in [5, 5.41) is 15.7. The van der Waals surface area contributed by atoms with Crippen molar-refractivity contribution in [1.82, 2.24) is 25.1 Å². The molecule has 0 unspecified atom stereocenters. The van der Waals surface area contributed by atoms with E-state index in [1.54, 1.807) is 18.2 Å². The van der Waals surface area contributed by atoms with Gasteiger partial charge in [-0.2, -0.15) is 0 Å². The zero-order valence-electron chi connectivity index (χ0n) is 19.3. The van der Waals surface area contributed by atoms with Crippen molar-refractivity contribution in [2.75, 3.05) is 11.1 Å². The molecule has 2 N–H and O–H groups in total. The minimum Gasteiger partial charge on any atom is -0.345 e. The standard InChI is InChI=1S/C25H17Br2ClN6O2S2/c26-14-5-8-16(9-6-14)34-21(12-29-23(36)17-11-15(27)7-10-18(17)28)32-33-25(34)37-13-22(35)31-24-30-19-3-1-2-4-20(19)38-24/h1-11H,12-13H2,(H,29,36)(H,30,31,35). The third-order valence-electron chi connectivity index (χ3n) is 5.24. The van der Waals surface area contributed by atoms with E-state index in [2.05, 4.69) is 57.7 Å². The van der Waals surface area contributed by atoms with Crippen LogP contribution in [0.15, 0.2) is 80.8 Å². The molecule has 2 amide bonds. The van der Waals surface area contributed by atoms with Crippen molar-refractivity contribution in [3.05, 3.63) is 92.1 Å². The Morgan fingerprint density at radius 2 is 1.76 bits per heavy atom. The van der Waals surface area contributed by atoms with E-state index in [-0.39, 0.29) is 24.1 Å². The second-order valence-corrected chi connectivity index (χ2v) is 12.1. The Bertz CT molecular complexity index is 1610. The lowest BCUT2D eigenvalue weighted by Crippen LogP contribution is -2.25. The van der Waals surface area contributed by atoms with E-state index in [9.17, 15) is 9.59 Å². The van der Waals surface area contributed by atoms with E-state index in [4.69, 9.17) is 11.6 Å². The van der Waals surface area contributed by atoms with Crippen LogP contribution in [-0.4, -0.2) is 37.3 Å². The number of benzene rings is 3. The van der Waals surface area contributed by atoms with Gasteiger partial charge in [-0.15, -0.1) is 10.2 Å². The Morgan fingerprint density at radius 1 is 1.00 bits per heavy atom. The average Bonchev–Trinajstić information content (AvgIpc) is 3.51. The molecule has 0 atom stereocenters. The molecular weight excluding hydrogens is 676 g/mol. The number of nitrogens with zero attached hydrogens (tertiary/aromatic N) is 4. The molecule has 0 saturated heterocycles. The SMILES string of the molecule is O=C(CSc1nnc(CNC(=O)c2cc(Br)ccc2Cl)n1-c1ccc(Br)cc1)Nc1nc2ccccc2s1. The van der Waals surface area contributed by atoms with E-state index < -0.39 is 0 Å². The molecule has 0 spiro atoms. The van der Waals surface area contributed by atoms with E-state index >= 15 is 0 Å². The smallest absolute Gasteiger partial charge is 0.253 e. The predicted octanol–water partition coefficient (Wildman–Crippen LogP) is 6.72. The summed E-state index contributed by atoms with van der Waals surface area (Å²) in [6.45, 7) is 0.100. The van der Waals surface area contributed by atoms with Gasteiger partial charge in [-0.3, -0.25) is 14.2 Å². The highest BCUT2D eigenvalue weighted by molar-refractivity contribution is 9.10. The number of para-hydroxylation sites is 1. The van der Waals surface area contributed by atoms with Gasteiger partial charge in [-0.25, -0.2) is 4.98 Å². The van der Waals surface area contributed by atoms with E-state index in [1.165, 1.54) is 23.1 Å². The van der Waals surface area contributed by atoms with Crippen molar-refractivity contribution < 1.29 is 9.59 Å². The molecule has 0 aliphatic heterocycles. The van der Waals surface area contributed by atoms with Crippen LogP contribution >= 0.6 is 66.6 Å². The van der Waals surface area contributed by atoms with Gasteiger partial charge in [-0.1, -0.05) is 78.7 Å². The number of amides is 2. The highest BCUT2D eigenvalue weighted by atomic mass is 79.9. The van der Waals surface area contributed by atoms with Gasteiger partial charge in [0.2, 0.25) is 5.91 Å². The summed E-state index contributed by atoms with van der Waals surface area (Å²) < 4.78 is 4.47. The van der Waals surface area contributed by atoms with Crippen molar-refractivity contribution in [2.45, 2.75) is 11.7 Å². The first-order chi connectivity index (χ1) is 18.4. The fourth-order valence-corrected chi connectivity index (χ4v) is 5.98. The Kier molecular flexibility index (Phi) is 8.44. The molecule has 0 aliphatic rings. The van der Waals surface area contributed by atoms with E-state index in [1.807, 2.05) is 53.1 Å². The van der Waals surface area contributed by atoms with Crippen LogP contribution < -0.4 is 10.6 Å². The van der Waals surface area contributed by atoms with Crippen LogP contribution in [0.2, 0.25) is 5.02 Å². The Hall–Kier alpha value is -2.77. The average molecular weight is 693 g/mol. The number of hydrogen-bond acceptors (Lipinski definition) is 7. The first-order valence-electron chi connectivity index (χ1n) is 11.1. The Morgan fingerprint density at radius 3 is 2.55 bits per heavy atom. The van der Waals surface area contributed by atoms with Gasteiger partial charge in [0, 0.05) is 14.6 Å². The molecule has 0 fully saturated rings. The number of thioether (sulfide) groups is 1. The third-order valence-corrected chi connectivity index (χ3v) is 8.47. The van der Waals surface area contributed by atoms with Crippen molar-refractivity contribution >= 4 is 93.7 Å². The number of carbonyl (C=O) groups is 2. The largest absolute Gasteiger partial charge is 0.345 e. The molecule has 5 rings (SSSR count). The molecule has 8 nitrogen and oxygen atoms in total. The van der Waals surface area contributed by atoms with Crippen molar-refractivity contribution in [3.8, 4) is 5.69 Å². The van der Waals surface area contributed by atoms with Crippen LogP contribution in [0.3, 0.4) is 0 Å². The fourth-order valence-electron chi connectivity index (χ4n) is 3.49. The molecule has 0 saturated carbocycles. The van der Waals surface area contributed by atoms with Crippen LogP contribution in [0, 0.1) is 0 Å². The van der Waals surface area contributed by atoms with Crippen LogP contribution in [0.5, 0.6) is 0 Å². The van der Waals surface area contributed by atoms with Crippen molar-refractivity contribution in [3.63, 3.8) is 0 Å². The molecule has 13 heteroatoms. The van der Waals surface area contributed by atoms with Gasteiger partial charge in [0.25, 0.3) is 5.91 Å². The molecule has 3 aromatic carbocycles. The molecule has 0 radical (unpaired) electrons. The van der Waals surface area contributed by atoms with Crippen LogP contribution in [0.1, 0.15) is 16.2 Å². The number of rotatable bonds is 8. The minimum absolute atomic E-state index is 0.100. The summed E-state index contributed by atoms with van der Waals surface area (Å²) in [5.74, 6) is 0.0513. The van der Waals surface area contributed by atoms with E-state index in [0.717, 1.165) is 24.8 Å². The normalized spacial score (nSPS) is 11.0. The fraction of sp³-hybridized carbons (Fsp3) is 0.0800. The number of nitrogens with one attached hydrogen (secondary N) is 2. The monoisotopic (exact) mass is 690 g/mol. The number of aromatic nitrogens is 4. The highest BCUT2D eigenvalue weighted by Crippen LogP contribution is 2.27. The van der Waals surface area contributed by atoms with E-state index in [0.29, 0.717) is 26.7 Å². The van der Waals surface area contributed by atoms with Crippen LogP contribution in [-0.2, 0) is 11.3 Å². The molecule has 0 bridgehead atoms.